The van der Waals surface area contributed by atoms with E-state index in [0.29, 0.717) is 32.1 Å². The molecule has 0 amide bonds. The van der Waals surface area contributed by atoms with Crippen molar-refractivity contribution >= 4 is 5.97 Å². The first-order chi connectivity index (χ1) is 36.2. The van der Waals surface area contributed by atoms with Crippen LogP contribution in [0.4, 0.5) is 0 Å². The third kappa shape index (κ3) is 13.4. The predicted octanol–water partition coefficient (Wildman–Crippen LogP) is -7.89. The zero-order valence-electron chi connectivity index (χ0n) is 41.5. The summed E-state index contributed by atoms with van der Waals surface area (Å²) in [6.45, 7) is -2.87. The number of hydrogen-bond donors (Lipinski definition) is 17. The van der Waals surface area contributed by atoms with E-state index < -0.39 is 216 Å². The van der Waals surface area contributed by atoms with E-state index in [1.54, 1.807) is 6.08 Å². The molecule has 28 nitrogen and oxygen atoms in total. The number of aliphatic hydroxyl groups excluding tert-OH is 17. The number of hydrogen-bond acceptors (Lipinski definition) is 28. The van der Waals surface area contributed by atoms with Crippen LogP contribution in [0.25, 0.3) is 0 Å². The van der Waals surface area contributed by atoms with E-state index >= 15 is 0 Å². The number of carbonyl (C=O) groups excluding carboxylic acids is 1. The number of aliphatic hydroxyl groups is 17. The Labute approximate surface area is 436 Å². The molecule has 8 rings (SSSR count). The normalized spacial score (nSPS) is 51.5. The lowest BCUT2D eigenvalue weighted by atomic mass is 9.72. The van der Waals surface area contributed by atoms with Gasteiger partial charge in [-0.15, -0.1) is 0 Å². The van der Waals surface area contributed by atoms with Gasteiger partial charge in [0.05, 0.1) is 68.7 Å². The standard InChI is InChI=1S/C48H78O28/c49-13-27-32(56)36(60)40(64)45(72-27)68-20-5-1-17(2-6-20)3-8-31(55)67-16-30-35(59)39(63)44(76-47-42(66)38(62)34(58)29(15-51)74-47)48(75-30)71-26-12-21-24(69-43(26)18-4-7-22(53)23(54)9-18)10-19(52)11-25(21)70-46-41(65)37(61)33(57)28(14-50)73-46/h3,8,17-30,32-54,56-66H,1-2,4-7,9-16H2. The maximum Gasteiger partial charge on any atom is 0.330 e. The molecule has 8 fully saturated rings. The Morgan fingerprint density at radius 1 is 0.461 bits per heavy atom. The van der Waals surface area contributed by atoms with E-state index in [2.05, 4.69) is 0 Å². The van der Waals surface area contributed by atoms with Gasteiger partial charge in [-0.3, -0.25) is 0 Å². The van der Waals surface area contributed by atoms with E-state index in [4.69, 9.17) is 47.4 Å². The van der Waals surface area contributed by atoms with E-state index in [0.717, 1.165) is 0 Å². The number of carbonyl (C=O) groups is 1. The molecule has 0 aromatic rings. The first kappa shape index (κ1) is 60.3. The van der Waals surface area contributed by atoms with Crippen LogP contribution in [-0.2, 0) is 52.2 Å². The lowest BCUT2D eigenvalue weighted by Crippen LogP contribution is -2.66. The molecule has 5 aliphatic heterocycles. The van der Waals surface area contributed by atoms with Crippen molar-refractivity contribution in [2.75, 3.05) is 26.4 Å². The summed E-state index contributed by atoms with van der Waals surface area (Å²) in [6.07, 6.45) is -35.7. The van der Waals surface area contributed by atoms with Gasteiger partial charge in [0.2, 0.25) is 0 Å². The highest BCUT2D eigenvalue weighted by Crippen LogP contribution is 2.45. The zero-order chi connectivity index (χ0) is 54.9. The third-order valence-electron chi connectivity index (χ3n) is 16.5. The van der Waals surface area contributed by atoms with Gasteiger partial charge >= 0.3 is 5.97 Å². The molecular formula is C48H78O28. The lowest BCUT2D eigenvalue weighted by Gasteiger charge is -2.53. The number of esters is 1. The van der Waals surface area contributed by atoms with Gasteiger partial charge in [0.1, 0.15) is 104 Å². The van der Waals surface area contributed by atoms with Crippen molar-refractivity contribution in [3.8, 4) is 0 Å². The van der Waals surface area contributed by atoms with Crippen molar-refractivity contribution in [1.82, 2.24) is 0 Å². The number of fused-ring (bicyclic) bond motifs is 1. The summed E-state index contributed by atoms with van der Waals surface area (Å²) in [5.74, 6) is -2.23. The maximum atomic E-state index is 13.2. The molecule has 5 saturated heterocycles. The SMILES string of the molecule is O=C(C=CC1CCC(OC2OC(CO)C(O)C(O)C2O)CC1)OCC1OC(OC2CC3C(OC4OC(CO)C(O)C(O)C4O)CC(O)CC3OC2C2CCC(O)C(O)C2)C(OC2OC(CO)C(O)C(O)C2O)C(O)C1O. The van der Waals surface area contributed by atoms with Crippen LogP contribution in [0, 0.1) is 17.8 Å². The second-order valence-electron chi connectivity index (χ2n) is 21.6. The van der Waals surface area contributed by atoms with Gasteiger partial charge < -0.3 is 134 Å². The highest BCUT2D eigenvalue weighted by atomic mass is 16.8. The van der Waals surface area contributed by atoms with Gasteiger partial charge in [0.25, 0.3) is 0 Å². The van der Waals surface area contributed by atoms with E-state index in [9.17, 15) is 91.6 Å². The summed E-state index contributed by atoms with van der Waals surface area (Å²) in [7, 11) is 0. The van der Waals surface area contributed by atoms with Crippen molar-refractivity contribution in [3.63, 3.8) is 0 Å². The summed E-state index contributed by atoms with van der Waals surface area (Å²) in [4.78, 5) is 13.2. The number of allylic oxidation sites excluding steroid dienone is 1. The second kappa shape index (κ2) is 26.4. The van der Waals surface area contributed by atoms with E-state index in [1.165, 1.54) is 6.08 Å². The molecule has 0 aromatic heterocycles. The van der Waals surface area contributed by atoms with Gasteiger partial charge in [0, 0.05) is 18.4 Å². The van der Waals surface area contributed by atoms with Crippen LogP contribution < -0.4 is 0 Å². The monoisotopic (exact) mass is 1100 g/mol. The molecule has 0 radical (unpaired) electrons. The smallest absolute Gasteiger partial charge is 0.330 e. The topological polar surface area (TPSA) is 453 Å². The second-order valence-corrected chi connectivity index (χ2v) is 21.6. The summed E-state index contributed by atoms with van der Waals surface area (Å²) >= 11 is 0. The van der Waals surface area contributed by atoms with Gasteiger partial charge in [0.15, 0.2) is 25.2 Å². The summed E-state index contributed by atoms with van der Waals surface area (Å²) in [5.41, 5.74) is 0. The van der Waals surface area contributed by atoms with Crippen LogP contribution in [0.3, 0.4) is 0 Å². The van der Waals surface area contributed by atoms with E-state index in [1.807, 2.05) is 0 Å². The minimum absolute atomic E-state index is 0.0171. The highest BCUT2D eigenvalue weighted by molar-refractivity contribution is 5.81. The average Bonchev–Trinajstić information content (AvgIpc) is 3.42. The molecule has 3 aliphatic carbocycles. The minimum atomic E-state index is -2.00. The molecule has 28 heteroatoms. The molecule has 0 bridgehead atoms. The van der Waals surface area contributed by atoms with Crippen molar-refractivity contribution < 1.29 is 139 Å². The molecule has 3 saturated carbocycles. The summed E-state index contributed by atoms with van der Waals surface area (Å²) < 4.78 is 60.0. The van der Waals surface area contributed by atoms with Crippen LogP contribution in [0.5, 0.6) is 0 Å². The lowest BCUT2D eigenvalue weighted by molar-refractivity contribution is -0.380. The fourth-order valence-corrected chi connectivity index (χ4v) is 11.9. The van der Waals surface area contributed by atoms with E-state index in [-0.39, 0.29) is 38.0 Å². The molecule has 8 aliphatic rings. The van der Waals surface area contributed by atoms with Gasteiger partial charge in [-0.25, -0.2) is 4.79 Å². The molecule has 29 atom stereocenters. The molecule has 76 heavy (non-hydrogen) atoms. The molecule has 17 N–H and O–H groups in total. The fourth-order valence-electron chi connectivity index (χ4n) is 11.9. The molecule has 29 unspecified atom stereocenters. The predicted molar refractivity (Wildman–Crippen MR) is 245 cm³/mol. The first-order valence-electron chi connectivity index (χ1n) is 26.3. The van der Waals surface area contributed by atoms with Crippen LogP contribution in [0.15, 0.2) is 12.2 Å². The minimum Gasteiger partial charge on any atom is -0.460 e. The van der Waals surface area contributed by atoms with Crippen molar-refractivity contribution in [2.24, 2.45) is 17.8 Å². The van der Waals surface area contributed by atoms with Crippen LogP contribution >= 0.6 is 0 Å². The highest BCUT2D eigenvalue weighted by Gasteiger charge is 2.56. The zero-order valence-corrected chi connectivity index (χ0v) is 41.5. The Bertz CT molecular complexity index is 1840. The molecule has 438 valence electrons. The van der Waals surface area contributed by atoms with Crippen LogP contribution in [0.1, 0.15) is 64.2 Å². The number of rotatable bonds is 16. The molecular weight excluding hydrogens is 1020 g/mol. The van der Waals surface area contributed by atoms with Crippen LogP contribution in [-0.4, -0.2) is 291 Å². The first-order valence-corrected chi connectivity index (χ1v) is 26.3. The maximum absolute atomic E-state index is 13.2. The molecule has 0 spiro atoms. The Kier molecular flexibility index (Phi) is 20.9. The Hall–Kier alpha value is -1.83. The Morgan fingerprint density at radius 2 is 0.974 bits per heavy atom. The third-order valence-corrected chi connectivity index (χ3v) is 16.5. The molecule has 5 heterocycles. The number of ether oxygens (including phenoxy) is 10. The summed E-state index contributed by atoms with van der Waals surface area (Å²) in [6, 6.07) is 0. The average molecular weight is 1100 g/mol. The van der Waals surface area contributed by atoms with Gasteiger partial charge in [-0.2, -0.15) is 0 Å². The quantitative estimate of drug-likeness (QED) is 0.0504. The largest absolute Gasteiger partial charge is 0.460 e. The fraction of sp³-hybridized carbons (Fsp3) is 0.938. The Balaban J connectivity index is 0.985. The van der Waals surface area contributed by atoms with Crippen molar-refractivity contribution in [3.05, 3.63) is 12.2 Å². The van der Waals surface area contributed by atoms with Gasteiger partial charge in [-0.05, 0) is 69.6 Å². The summed E-state index contributed by atoms with van der Waals surface area (Å²) in [5, 5.41) is 180. The van der Waals surface area contributed by atoms with Crippen molar-refractivity contribution in [1.29, 1.82) is 0 Å². The Morgan fingerprint density at radius 3 is 1.53 bits per heavy atom. The molecule has 0 aromatic carbocycles. The van der Waals surface area contributed by atoms with Crippen molar-refractivity contribution in [2.45, 2.75) is 236 Å². The van der Waals surface area contributed by atoms with Gasteiger partial charge in [-0.1, -0.05) is 6.08 Å². The van der Waals surface area contributed by atoms with Crippen LogP contribution in [0.2, 0.25) is 0 Å².